The molecule has 37 heavy (non-hydrogen) atoms. The van der Waals surface area contributed by atoms with E-state index < -0.39 is 59.8 Å². The Morgan fingerprint density at radius 2 is 1.62 bits per heavy atom. The van der Waals surface area contributed by atoms with Gasteiger partial charge in [0, 0.05) is 18.9 Å². The van der Waals surface area contributed by atoms with Gasteiger partial charge in [0.05, 0.1) is 18.8 Å². The number of Topliss-reactive ketones (excluding diaryl/α,β-unsaturated/α-hetero) is 1. The molecule has 0 aliphatic carbocycles. The molecule has 7 nitrogen and oxygen atoms in total. The summed E-state index contributed by atoms with van der Waals surface area (Å²) in [6.45, 7) is 6.19. The van der Waals surface area contributed by atoms with Crippen LogP contribution in [-0.2, 0) is 25.7 Å². The van der Waals surface area contributed by atoms with Gasteiger partial charge in [-0.3, -0.25) is 14.4 Å². The zero-order valence-electron chi connectivity index (χ0n) is 21.0. The van der Waals surface area contributed by atoms with E-state index in [1.807, 2.05) is 35.6 Å². The molecule has 0 saturated carbocycles. The van der Waals surface area contributed by atoms with Crippen LogP contribution < -0.4 is 23.5 Å². The van der Waals surface area contributed by atoms with Crippen molar-refractivity contribution in [3.63, 3.8) is 0 Å². The number of amides is 2. The second-order valence-electron chi connectivity index (χ2n) is 9.68. The van der Waals surface area contributed by atoms with E-state index in [1.54, 1.807) is 13.8 Å². The second kappa shape index (κ2) is 13.0. The maximum Gasteiger partial charge on any atom is 0.461 e. The van der Waals surface area contributed by atoms with Crippen LogP contribution in [0.5, 0.6) is 0 Å². The van der Waals surface area contributed by atoms with Gasteiger partial charge in [0.15, 0.2) is 6.04 Å². The van der Waals surface area contributed by atoms with Gasteiger partial charge in [0.25, 0.3) is 5.91 Å². The highest BCUT2D eigenvalue weighted by atomic mass is 35.5. The van der Waals surface area contributed by atoms with Crippen LogP contribution in [0.1, 0.15) is 39.7 Å². The Balaban J connectivity index is 0.00000684. The van der Waals surface area contributed by atoms with E-state index in [2.05, 4.69) is 5.73 Å². The van der Waals surface area contributed by atoms with Crippen molar-refractivity contribution in [1.29, 1.82) is 0 Å². The minimum atomic E-state index is -6.11. The highest BCUT2D eigenvalue weighted by Gasteiger charge is 2.65. The van der Waals surface area contributed by atoms with Crippen molar-refractivity contribution in [2.75, 3.05) is 6.54 Å². The summed E-state index contributed by atoms with van der Waals surface area (Å²) in [5.74, 6) is -10.8. The fourth-order valence-corrected chi connectivity index (χ4v) is 3.82. The fourth-order valence-electron chi connectivity index (χ4n) is 3.82. The van der Waals surface area contributed by atoms with Crippen molar-refractivity contribution >= 4 is 17.6 Å². The molecule has 1 aromatic carbocycles. The van der Waals surface area contributed by atoms with E-state index in [-0.39, 0.29) is 37.9 Å². The van der Waals surface area contributed by atoms with Crippen molar-refractivity contribution in [2.24, 2.45) is 11.8 Å². The number of hydrogen-bond donors (Lipinski definition) is 2. The molecule has 4 N–H and O–H groups in total. The lowest BCUT2D eigenvalue weighted by Crippen LogP contribution is -3.00. The highest BCUT2D eigenvalue weighted by molar-refractivity contribution is 5.97. The van der Waals surface area contributed by atoms with Gasteiger partial charge >= 0.3 is 12.1 Å². The van der Waals surface area contributed by atoms with Gasteiger partial charge in [-0.15, -0.1) is 0 Å². The summed E-state index contributed by atoms with van der Waals surface area (Å²) in [6.07, 6.45) is -6.73. The van der Waals surface area contributed by atoms with Crippen LogP contribution in [0.15, 0.2) is 30.3 Å². The van der Waals surface area contributed by atoms with Gasteiger partial charge in [-0.05, 0) is 11.5 Å². The summed E-state index contributed by atoms with van der Waals surface area (Å²) < 4.78 is 71.8. The van der Waals surface area contributed by atoms with E-state index in [0.29, 0.717) is 0 Å². The highest BCUT2D eigenvalue weighted by Crippen LogP contribution is 2.37. The first-order valence-electron chi connectivity index (χ1n) is 11.7. The molecule has 2 rings (SSSR count). The number of hydrogen-bond acceptors (Lipinski definition) is 4. The molecule has 0 aromatic heterocycles. The molecule has 1 aliphatic heterocycles. The maximum atomic E-state index is 13.8. The number of carbonyl (C=O) groups is 3. The predicted molar refractivity (Wildman–Crippen MR) is 119 cm³/mol. The third-order valence-corrected chi connectivity index (χ3v) is 6.21. The molecule has 1 unspecified atom stereocenters. The first-order valence-corrected chi connectivity index (χ1v) is 11.7. The Labute approximate surface area is 218 Å². The number of halogens is 6. The number of nitrogens with one attached hydrogen (secondary N) is 1. The molecule has 1 saturated heterocycles. The number of quaternary nitrogens is 1. The lowest BCUT2D eigenvalue weighted by atomic mass is 9.95. The van der Waals surface area contributed by atoms with Crippen LogP contribution in [-0.4, -0.2) is 65.4 Å². The summed E-state index contributed by atoms with van der Waals surface area (Å²) >= 11 is 0. The number of likely N-dealkylation sites (tertiary alicyclic amines) is 1. The smallest absolute Gasteiger partial charge is 0.461 e. The molecule has 13 heteroatoms. The predicted octanol–water partition coefficient (Wildman–Crippen LogP) is -0.649. The molecule has 4 atom stereocenters. The van der Waals surface area contributed by atoms with Crippen LogP contribution in [0, 0.1) is 11.8 Å². The summed E-state index contributed by atoms with van der Waals surface area (Å²) in [5.41, 5.74) is 4.68. The number of rotatable bonds is 10. The minimum Gasteiger partial charge on any atom is -1.00 e. The Bertz CT molecular complexity index is 931. The average Bonchev–Trinajstić information content (AvgIpc) is 3.23. The zero-order chi connectivity index (χ0) is 27.4. The van der Waals surface area contributed by atoms with Crippen molar-refractivity contribution in [1.82, 2.24) is 10.2 Å². The van der Waals surface area contributed by atoms with Crippen LogP contribution in [0.3, 0.4) is 0 Å². The number of ketones is 1. The van der Waals surface area contributed by atoms with Crippen molar-refractivity contribution in [2.45, 2.75) is 77.1 Å². The molecular weight excluding hydrogens is 525 g/mol. The third-order valence-electron chi connectivity index (χ3n) is 6.21. The topological polar surface area (TPSA) is 103 Å². The van der Waals surface area contributed by atoms with Crippen molar-refractivity contribution < 1.29 is 59.2 Å². The standard InChI is InChI=1S/C24H32F5N3O4.ClH/c1-13(2)18(30)22(35)32-11-16(36-12-15-8-6-5-7-9-15)10-17(32)21(34)31-19(14(3)4)20(33)23(25,26)24(27,28)29;/h5-9,13-14,16-19H,10-12,30H2,1-4H3,(H,31,34);1H/t16-,17+,18+,19?;/m1./s1. The lowest BCUT2D eigenvalue weighted by Gasteiger charge is -2.30. The quantitative estimate of drug-likeness (QED) is 0.373. The molecule has 2 amide bonds. The summed E-state index contributed by atoms with van der Waals surface area (Å²) in [7, 11) is 0. The summed E-state index contributed by atoms with van der Waals surface area (Å²) in [5, 5.41) is 2.05. The maximum absolute atomic E-state index is 13.8. The fraction of sp³-hybridized carbons (Fsp3) is 0.625. The SMILES string of the molecule is CC(C)C(NC(=O)[C@@H]1C[C@@H](OCc2ccccc2)CN1C(=O)[C@@H]([NH3+])C(C)C)C(=O)C(F)(F)C(F)(F)F.[Cl-]. The van der Waals surface area contributed by atoms with Crippen LogP contribution >= 0.6 is 0 Å². The Hall–Kier alpha value is -2.31. The van der Waals surface area contributed by atoms with E-state index in [9.17, 15) is 36.3 Å². The average molecular weight is 558 g/mol. The van der Waals surface area contributed by atoms with Gasteiger partial charge in [-0.1, -0.05) is 58.0 Å². The number of carbonyl (C=O) groups excluding carboxylic acids is 3. The Morgan fingerprint density at radius 3 is 2.11 bits per heavy atom. The van der Waals surface area contributed by atoms with Gasteiger partial charge in [-0.2, -0.15) is 22.0 Å². The molecule has 1 aliphatic rings. The molecule has 0 spiro atoms. The minimum absolute atomic E-state index is 0. The molecule has 1 heterocycles. The van der Waals surface area contributed by atoms with Crippen LogP contribution in [0.25, 0.3) is 0 Å². The molecule has 1 aromatic rings. The van der Waals surface area contributed by atoms with Crippen molar-refractivity contribution in [3.05, 3.63) is 35.9 Å². The Morgan fingerprint density at radius 1 is 1.05 bits per heavy atom. The molecule has 1 fully saturated rings. The third kappa shape index (κ3) is 7.84. The number of alkyl halides is 5. The molecule has 0 radical (unpaired) electrons. The van der Waals surface area contributed by atoms with Gasteiger partial charge in [0.1, 0.15) is 6.04 Å². The second-order valence-corrected chi connectivity index (χ2v) is 9.68. The molecule has 210 valence electrons. The van der Waals surface area contributed by atoms with Gasteiger partial charge in [0.2, 0.25) is 11.7 Å². The number of ether oxygens (including phenoxy) is 1. The van der Waals surface area contributed by atoms with Gasteiger partial charge < -0.3 is 33.1 Å². The first-order chi connectivity index (χ1) is 16.6. The Kier molecular flexibility index (Phi) is 11.5. The lowest BCUT2D eigenvalue weighted by molar-refractivity contribution is -0.416. The van der Waals surface area contributed by atoms with Crippen LogP contribution in [0.2, 0.25) is 0 Å². The van der Waals surface area contributed by atoms with Crippen molar-refractivity contribution in [3.8, 4) is 0 Å². The van der Waals surface area contributed by atoms with E-state index in [0.717, 1.165) is 5.56 Å². The largest absolute Gasteiger partial charge is 1.00 e. The molecular formula is C24H33ClF5N3O4. The normalized spacial score (nSPS) is 19.9. The summed E-state index contributed by atoms with van der Waals surface area (Å²) in [6, 6.07) is 5.04. The monoisotopic (exact) mass is 557 g/mol. The van der Waals surface area contributed by atoms with E-state index >= 15 is 0 Å². The number of nitrogens with zero attached hydrogens (tertiary/aromatic N) is 1. The summed E-state index contributed by atoms with van der Waals surface area (Å²) in [4.78, 5) is 39.5. The van der Waals surface area contributed by atoms with Gasteiger partial charge in [-0.25, -0.2) is 0 Å². The first kappa shape index (κ1) is 32.7. The van der Waals surface area contributed by atoms with E-state index in [4.69, 9.17) is 4.74 Å². The molecule has 0 bridgehead atoms. The van der Waals surface area contributed by atoms with E-state index in [1.165, 1.54) is 18.7 Å². The zero-order valence-corrected chi connectivity index (χ0v) is 21.8. The number of benzene rings is 1. The van der Waals surface area contributed by atoms with Crippen LogP contribution in [0.4, 0.5) is 22.0 Å².